The summed E-state index contributed by atoms with van der Waals surface area (Å²) in [5, 5.41) is 2.07. The van der Waals surface area contributed by atoms with E-state index in [1.165, 1.54) is 4.88 Å². The van der Waals surface area contributed by atoms with Crippen molar-refractivity contribution in [3.63, 3.8) is 0 Å². The third-order valence-electron chi connectivity index (χ3n) is 4.66. The zero-order chi connectivity index (χ0) is 16.8. The van der Waals surface area contributed by atoms with Crippen LogP contribution in [0.1, 0.15) is 35.9 Å². The minimum atomic E-state index is 0.282. The third kappa shape index (κ3) is 4.24. The summed E-state index contributed by atoms with van der Waals surface area (Å²) in [7, 11) is 1.72. The number of carbonyl (C=O) groups excluding carboxylic acids is 1. The van der Waals surface area contributed by atoms with E-state index in [4.69, 9.17) is 4.74 Å². The van der Waals surface area contributed by atoms with E-state index >= 15 is 0 Å². The van der Waals surface area contributed by atoms with Crippen molar-refractivity contribution in [2.75, 3.05) is 26.8 Å². The molecule has 1 aliphatic heterocycles. The monoisotopic (exact) mass is 347 g/mol. The number of aromatic nitrogens is 2. The molecule has 6 heteroatoms. The van der Waals surface area contributed by atoms with Gasteiger partial charge in [-0.2, -0.15) is 0 Å². The fraction of sp³-hybridized carbons (Fsp3) is 0.556. The molecule has 2 aromatic rings. The van der Waals surface area contributed by atoms with Crippen molar-refractivity contribution in [2.24, 2.45) is 0 Å². The van der Waals surface area contributed by atoms with E-state index in [0.717, 1.165) is 44.7 Å². The standard InChI is InChI=1S/C18H25N3O2S/c1-23-13-12-21-11-8-19-18(21)15-6-9-20(10-7-15)17(22)5-4-16-3-2-14-24-16/h2-3,8,11,14-15H,4-7,9-10,12-13H2,1H3. The number of ether oxygens (including phenoxy) is 1. The molecule has 1 aliphatic rings. The number of likely N-dealkylation sites (tertiary alicyclic amines) is 1. The number of piperidine rings is 1. The van der Waals surface area contributed by atoms with Gasteiger partial charge in [0.15, 0.2) is 0 Å². The lowest BCUT2D eigenvalue weighted by Crippen LogP contribution is -2.38. The second-order valence-corrected chi connectivity index (χ2v) is 7.24. The molecule has 24 heavy (non-hydrogen) atoms. The molecule has 130 valence electrons. The maximum Gasteiger partial charge on any atom is 0.222 e. The highest BCUT2D eigenvalue weighted by Crippen LogP contribution is 2.27. The zero-order valence-corrected chi connectivity index (χ0v) is 15.0. The molecule has 0 radical (unpaired) electrons. The molecule has 0 spiro atoms. The predicted octanol–water partition coefficient (Wildman–Crippen LogP) is 2.93. The quantitative estimate of drug-likeness (QED) is 0.774. The molecule has 1 saturated heterocycles. The fourth-order valence-corrected chi connectivity index (χ4v) is 4.00. The first-order chi connectivity index (χ1) is 11.8. The number of aryl methyl sites for hydroxylation is 1. The molecule has 5 nitrogen and oxygen atoms in total. The van der Waals surface area contributed by atoms with Crippen molar-refractivity contribution >= 4 is 17.2 Å². The number of methoxy groups -OCH3 is 1. The van der Waals surface area contributed by atoms with E-state index < -0.39 is 0 Å². The Hall–Kier alpha value is -1.66. The number of carbonyl (C=O) groups is 1. The smallest absolute Gasteiger partial charge is 0.222 e. The number of amides is 1. The second kappa shape index (κ2) is 8.44. The van der Waals surface area contributed by atoms with Gasteiger partial charge >= 0.3 is 0 Å². The summed E-state index contributed by atoms with van der Waals surface area (Å²) < 4.78 is 7.35. The van der Waals surface area contributed by atoms with Crippen molar-refractivity contribution in [2.45, 2.75) is 38.1 Å². The summed E-state index contributed by atoms with van der Waals surface area (Å²) in [6.45, 7) is 3.21. The van der Waals surface area contributed by atoms with Gasteiger partial charge in [-0.05, 0) is 30.7 Å². The number of rotatable bonds is 7. The highest BCUT2D eigenvalue weighted by Gasteiger charge is 2.26. The molecule has 0 unspecified atom stereocenters. The van der Waals surface area contributed by atoms with Crippen molar-refractivity contribution in [1.82, 2.24) is 14.5 Å². The van der Waals surface area contributed by atoms with Gasteiger partial charge in [-0.25, -0.2) is 4.98 Å². The van der Waals surface area contributed by atoms with E-state index in [0.29, 0.717) is 18.9 Å². The number of nitrogens with zero attached hydrogens (tertiary/aromatic N) is 3. The van der Waals surface area contributed by atoms with E-state index in [1.807, 2.05) is 23.4 Å². The molecule has 3 heterocycles. The topological polar surface area (TPSA) is 47.4 Å². The summed E-state index contributed by atoms with van der Waals surface area (Å²) in [6.07, 6.45) is 7.35. The van der Waals surface area contributed by atoms with E-state index in [9.17, 15) is 4.79 Å². The van der Waals surface area contributed by atoms with Gasteiger partial charge in [-0.3, -0.25) is 4.79 Å². The van der Waals surface area contributed by atoms with Crippen LogP contribution in [0.15, 0.2) is 29.9 Å². The molecule has 0 saturated carbocycles. The van der Waals surface area contributed by atoms with Crippen LogP contribution < -0.4 is 0 Å². The first kappa shape index (κ1) is 17.2. The van der Waals surface area contributed by atoms with Crippen LogP contribution in [0.25, 0.3) is 0 Å². The molecule has 1 amide bonds. The average Bonchev–Trinajstić information content (AvgIpc) is 3.29. The van der Waals surface area contributed by atoms with Gasteiger partial charge in [0.25, 0.3) is 0 Å². The van der Waals surface area contributed by atoms with Crippen LogP contribution in [0, 0.1) is 0 Å². The fourth-order valence-electron chi connectivity index (χ4n) is 3.29. The largest absolute Gasteiger partial charge is 0.383 e. The van der Waals surface area contributed by atoms with Crippen LogP contribution in [0.5, 0.6) is 0 Å². The molecular weight excluding hydrogens is 322 g/mol. The summed E-state index contributed by atoms with van der Waals surface area (Å²) >= 11 is 1.73. The first-order valence-corrected chi connectivity index (χ1v) is 9.46. The van der Waals surface area contributed by atoms with E-state index in [-0.39, 0.29) is 5.91 Å². The number of thiophene rings is 1. The second-order valence-electron chi connectivity index (χ2n) is 6.21. The van der Waals surface area contributed by atoms with Crippen LogP contribution >= 0.6 is 11.3 Å². The molecule has 0 aliphatic carbocycles. The highest BCUT2D eigenvalue weighted by molar-refractivity contribution is 7.09. The lowest BCUT2D eigenvalue weighted by molar-refractivity contribution is -0.132. The minimum Gasteiger partial charge on any atom is -0.383 e. The molecule has 0 aromatic carbocycles. The number of hydrogen-bond acceptors (Lipinski definition) is 4. The lowest BCUT2D eigenvalue weighted by Gasteiger charge is -2.32. The van der Waals surface area contributed by atoms with Crippen LogP contribution in [-0.4, -0.2) is 47.2 Å². The van der Waals surface area contributed by atoms with Gasteiger partial charge in [-0.15, -0.1) is 11.3 Å². The molecule has 2 aromatic heterocycles. The SMILES string of the molecule is COCCn1ccnc1C1CCN(C(=O)CCc2cccs2)CC1. The third-order valence-corrected chi connectivity index (χ3v) is 5.60. The van der Waals surface area contributed by atoms with Crippen molar-refractivity contribution in [1.29, 1.82) is 0 Å². The molecule has 1 fully saturated rings. The van der Waals surface area contributed by atoms with Gasteiger partial charge in [0.05, 0.1) is 6.61 Å². The van der Waals surface area contributed by atoms with Crippen LogP contribution in [0.3, 0.4) is 0 Å². The molecule has 3 rings (SSSR count). The Balaban J connectivity index is 1.48. The molecule has 0 bridgehead atoms. The van der Waals surface area contributed by atoms with Gasteiger partial charge in [0, 0.05) is 56.4 Å². The van der Waals surface area contributed by atoms with Crippen LogP contribution in [0.2, 0.25) is 0 Å². The van der Waals surface area contributed by atoms with Gasteiger partial charge in [0.2, 0.25) is 5.91 Å². The molecule has 0 atom stereocenters. The van der Waals surface area contributed by atoms with Gasteiger partial charge in [-0.1, -0.05) is 6.07 Å². The number of imidazole rings is 1. The summed E-state index contributed by atoms with van der Waals surface area (Å²) in [5.41, 5.74) is 0. The summed E-state index contributed by atoms with van der Waals surface area (Å²) in [6, 6.07) is 4.14. The molecular formula is C18H25N3O2S. The van der Waals surface area contributed by atoms with Gasteiger partial charge in [0.1, 0.15) is 5.82 Å². The van der Waals surface area contributed by atoms with Gasteiger partial charge < -0.3 is 14.2 Å². The lowest BCUT2D eigenvalue weighted by atomic mass is 9.95. The Morgan fingerprint density at radius 3 is 2.96 bits per heavy atom. The Morgan fingerprint density at radius 2 is 2.25 bits per heavy atom. The Labute approximate surface area is 147 Å². The summed E-state index contributed by atoms with van der Waals surface area (Å²) in [4.78, 5) is 20.2. The van der Waals surface area contributed by atoms with Crippen LogP contribution in [0.4, 0.5) is 0 Å². The maximum absolute atomic E-state index is 12.4. The van der Waals surface area contributed by atoms with Crippen molar-refractivity contribution < 1.29 is 9.53 Å². The predicted molar refractivity (Wildman–Crippen MR) is 95.3 cm³/mol. The molecule has 0 N–H and O–H groups in total. The first-order valence-electron chi connectivity index (χ1n) is 8.58. The Bertz CT molecular complexity index is 630. The Kier molecular flexibility index (Phi) is 6.04. The average molecular weight is 347 g/mol. The van der Waals surface area contributed by atoms with E-state index in [1.54, 1.807) is 18.4 Å². The van der Waals surface area contributed by atoms with Crippen molar-refractivity contribution in [3.05, 3.63) is 40.6 Å². The van der Waals surface area contributed by atoms with E-state index in [2.05, 4.69) is 21.0 Å². The van der Waals surface area contributed by atoms with Crippen LogP contribution in [-0.2, 0) is 22.5 Å². The van der Waals surface area contributed by atoms with Crippen molar-refractivity contribution in [3.8, 4) is 0 Å². The Morgan fingerprint density at radius 1 is 1.42 bits per heavy atom. The maximum atomic E-state index is 12.4. The normalized spacial score (nSPS) is 15.8. The zero-order valence-electron chi connectivity index (χ0n) is 14.2. The summed E-state index contributed by atoms with van der Waals surface area (Å²) in [5.74, 6) is 1.86. The number of hydrogen-bond donors (Lipinski definition) is 0. The minimum absolute atomic E-state index is 0.282. The highest BCUT2D eigenvalue weighted by atomic mass is 32.1.